The Hall–Kier alpha value is -1.75. The summed E-state index contributed by atoms with van der Waals surface area (Å²) in [7, 11) is 0. The molecule has 104 valence electrons. The van der Waals surface area contributed by atoms with Crippen LogP contribution in [0.15, 0.2) is 18.2 Å². The predicted molar refractivity (Wildman–Crippen MR) is 74.2 cm³/mol. The SMILES string of the molecule is CCOC(=O)c1ccc(N2CCC(CO)C2)c(N)c1. The van der Waals surface area contributed by atoms with Crippen molar-refractivity contribution in [1.82, 2.24) is 0 Å². The first-order valence-corrected chi connectivity index (χ1v) is 6.58. The predicted octanol–water partition coefficient (Wildman–Crippen LogP) is 1.26. The average molecular weight is 264 g/mol. The van der Waals surface area contributed by atoms with Gasteiger partial charge in [0, 0.05) is 25.6 Å². The van der Waals surface area contributed by atoms with Crippen LogP contribution in [0.1, 0.15) is 23.7 Å². The molecule has 1 aromatic rings. The second-order valence-corrected chi connectivity index (χ2v) is 4.78. The Morgan fingerprint density at radius 1 is 1.58 bits per heavy atom. The van der Waals surface area contributed by atoms with Crippen LogP contribution < -0.4 is 10.6 Å². The summed E-state index contributed by atoms with van der Waals surface area (Å²) in [6, 6.07) is 5.23. The van der Waals surface area contributed by atoms with Crippen molar-refractivity contribution in [3.05, 3.63) is 23.8 Å². The zero-order valence-electron chi connectivity index (χ0n) is 11.1. The normalized spacial score (nSPS) is 18.6. The highest BCUT2D eigenvalue weighted by molar-refractivity contribution is 5.92. The lowest BCUT2D eigenvalue weighted by Gasteiger charge is -2.20. The van der Waals surface area contributed by atoms with Crippen molar-refractivity contribution in [1.29, 1.82) is 0 Å². The molecule has 1 aliphatic rings. The number of ether oxygens (including phenoxy) is 1. The summed E-state index contributed by atoms with van der Waals surface area (Å²) in [5.74, 6) is -0.0421. The molecule has 0 saturated carbocycles. The Labute approximate surface area is 113 Å². The van der Waals surface area contributed by atoms with E-state index in [9.17, 15) is 4.79 Å². The summed E-state index contributed by atoms with van der Waals surface area (Å²) in [5.41, 5.74) is 7.98. The largest absolute Gasteiger partial charge is 0.462 e. The van der Waals surface area contributed by atoms with Crippen molar-refractivity contribution in [2.75, 3.05) is 36.9 Å². The molecule has 19 heavy (non-hydrogen) atoms. The van der Waals surface area contributed by atoms with E-state index < -0.39 is 0 Å². The lowest BCUT2D eigenvalue weighted by molar-refractivity contribution is 0.0526. The molecule has 5 heteroatoms. The number of nitrogens with zero attached hydrogens (tertiary/aromatic N) is 1. The number of carbonyl (C=O) groups excluding carboxylic acids is 1. The third-order valence-corrected chi connectivity index (χ3v) is 3.42. The van der Waals surface area contributed by atoms with Crippen LogP contribution in [-0.4, -0.2) is 37.4 Å². The first kappa shape index (κ1) is 13.7. The number of aliphatic hydroxyl groups excluding tert-OH is 1. The van der Waals surface area contributed by atoms with Crippen LogP contribution in [0.25, 0.3) is 0 Å². The molecule has 1 aromatic carbocycles. The summed E-state index contributed by atoms with van der Waals surface area (Å²) >= 11 is 0. The van der Waals surface area contributed by atoms with Crippen molar-refractivity contribution in [2.45, 2.75) is 13.3 Å². The summed E-state index contributed by atoms with van der Waals surface area (Å²) in [4.78, 5) is 13.7. The van der Waals surface area contributed by atoms with E-state index in [1.165, 1.54) is 0 Å². The molecule has 0 spiro atoms. The number of anilines is 2. The van der Waals surface area contributed by atoms with E-state index in [0.717, 1.165) is 25.2 Å². The fourth-order valence-electron chi connectivity index (χ4n) is 2.38. The van der Waals surface area contributed by atoms with Crippen LogP contribution >= 0.6 is 0 Å². The van der Waals surface area contributed by atoms with Crippen molar-refractivity contribution in [2.24, 2.45) is 5.92 Å². The van der Waals surface area contributed by atoms with Gasteiger partial charge in [-0.1, -0.05) is 0 Å². The summed E-state index contributed by atoms with van der Waals surface area (Å²) < 4.78 is 4.94. The van der Waals surface area contributed by atoms with Crippen molar-refractivity contribution >= 4 is 17.3 Å². The summed E-state index contributed by atoms with van der Waals surface area (Å²) in [6.07, 6.45) is 0.968. The second-order valence-electron chi connectivity index (χ2n) is 4.78. The standard InChI is InChI=1S/C14H20N2O3/c1-2-19-14(18)11-3-4-13(12(15)7-11)16-6-5-10(8-16)9-17/h3-4,7,10,17H,2,5-6,8-9,15H2,1H3. The fourth-order valence-corrected chi connectivity index (χ4v) is 2.38. The first-order valence-electron chi connectivity index (χ1n) is 6.58. The van der Waals surface area contributed by atoms with Gasteiger partial charge in [-0.05, 0) is 31.5 Å². The number of rotatable bonds is 4. The van der Waals surface area contributed by atoms with Crippen LogP contribution in [0.5, 0.6) is 0 Å². The van der Waals surface area contributed by atoms with Crippen LogP contribution in [0.2, 0.25) is 0 Å². The minimum atomic E-state index is -0.351. The highest BCUT2D eigenvalue weighted by Crippen LogP contribution is 2.29. The minimum Gasteiger partial charge on any atom is -0.462 e. The third-order valence-electron chi connectivity index (χ3n) is 3.42. The second kappa shape index (κ2) is 5.93. The summed E-state index contributed by atoms with van der Waals surface area (Å²) in [5, 5.41) is 9.16. The third kappa shape index (κ3) is 2.98. The molecule has 1 atom stereocenters. The highest BCUT2D eigenvalue weighted by Gasteiger charge is 2.23. The molecule has 0 aliphatic carbocycles. The first-order chi connectivity index (χ1) is 9.15. The van der Waals surface area contributed by atoms with Crippen LogP contribution in [-0.2, 0) is 4.74 Å². The average Bonchev–Trinajstić information content (AvgIpc) is 2.87. The maximum absolute atomic E-state index is 11.6. The van der Waals surface area contributed by atoms with Crippen LogP contribution in [0, 0.1) is 5.92 Å². The van der Waals surface area contributed by atoms with Gasteiger partial charge in [-0.2, -0.15) is 0 Å². The van der Waals surface area contributed by atoms with Gasteiger partial charge in [-0.3, -0.25) is 0 Å². The quantitative estimate of drug-likeness (QED) is 0.632. The highest BCUT2D eigenvalue weighted by atomic mass is 16.5. The van der Waals surface area contributed by atoms with Crippen molar-refractivity contribution in [3.8, 4) is 0 Å². The molecule has 1 aliphatic heterocycles. The minimum absolute atomic E-state index is 0.206. The molecule has 0 aromatic heterocycles. The van der Waals surface area contributed by atoms with E-state index in [4.69, 9.17) is 15.6 Å². The fraction of sp³-hybridized carbons (Fsp3) is 0.500. The van der Waals surface area contributed by atoms with Gasteiger partial charge >= 0.3 is 5.97 Å². The van der Waals surface area contributed by atoms with Gasteiger partial charge in [0.15, 0.2) is 0 Å². The topological polar surface area (TPSA) is 75.8 Å². The lowest BCUT2D eigenvalue weighted by atomic mass is 10.1. The molecule has 0 radical (unpaired) electrons. The van der Waals surface area contributed by atoms with Gasteiger partial charge in [0.2, 0.25) is 0 Å². The Morgan fingerprint density at radius 3 is 2.95 bits per heavy atom. The van der Waals surface area contributed by atoms with Crippen molar-refractivity contribution in [3.63, 3.8) is 0 Å². The Balaban J connectivity index is 2.13. The van der Waals surface area contributed by atoms with E-state index in [1.54, 1.807) is 19.1 Å². The van der Waals surface area contributed by atoms with Crippen molar-refractivity contribution < 1.29 is 14.6 Å². The van der Waals surface area contributed by atoms with Gasteiger partial charge in [-0.15, -0.1) is 0 Å². The van der Waals surface area contributed by atoms with E-state index in [-0.39, 0.29) is 12.6 Å². The molecule has 1 unspecified atom stereocenters. The van der Waals surface area contributed by atoms with Gasteiger partial charge in [0.05, 0.1) is 23.5 Å². The molecule has 1 saturated heterocycles. The Morgan fingerprint density at radius 2 is 2.37 bits per heavy atom. The van der Waals surface area contributed by atoms with Gasteiger partial charge in [0.25, 0.3) is 0 Å². The number of nitrogen functional groups attached to an aromatic ring is 1. The molecule has 1 heterocycles. The lowest BCUT2D eigenvalue weighted by Crippen LogP contribution is -2.22. The molecular weight excluding hydrogens is 244 g/mol. The zero-order chi connectivity index (χ0) is 13.8. The van der Waals surface area contributed by atoms with E-state index in [1.807, 2.05) is 6.07 Å². The number of nitrogens with two attached hydrogens (primary N) is 1. The molecule has 3 N–H and O–H groups in total. The molecule has 2 rings (SSSR count). The number of benzene rings is 1. The maximum atomic E-state index is 11.6. The van der Waals surface area contributed by atoms with Crippen LogP contribution in [0.3, 0.4) is 0 Å². The molecular formula is C14H20N2O3. The number of esters is 1. The molecule has 1 fully saturated rings. The zero-order valence-corrected chi connectivity index (χ0v) is 11.1. The molecule has 0 bridgehead atoms. The Kier molecular flexibility index (Phi) is 4.27. The summed E-state index contributed by atoms with van der Waals surface area (Å²) in [6.45, 7) is 4.02. The smallest absolute Gasteiger partial charge is 0.338 e. The Bertz CT molecular complexity index is 462. The number of hydrogen-bond donors (Lipinski definition) is 2. The number of carbonyl (C=O) groups is 1. The molecule has 5 nitrogen and oxygen atoms in total. The number of aliphatic hydroxyl groups is 1. The monoisotopic (exact) mass is 264 g/mol. The molecule has 0 amide bonds. The van der Waals surface area contributed by atoms with E-state index in [2.05, 4.69) is 4.90 Å². The van der Waals surface area contributed by atoms with Crippen LogP contribution in [0.4, 0.5) is 11.4 Å². The maximum Gasteiger partial charge on any atom is 0.338 e. The van der Waals surface area contributed by atoms with E-state index in [0.29, 0.717) is 23.8 Å². The van der Waals surface area contributed by atoms with Gasteiger partial charge in [-0.25, -0.2) is 4.79 Å². The number of hydrogen-bond acceptors (Lipinski definition) is 5. The van der Waals surface area contributed by atoms with E-state index >= 15 is 0 Å². The van der Waals surface area contributed by atoms with Gasteiger partial charge < -0.3 is 20.5 Å². The van der Waals surface area contributed by atoms with Gasteiger partial charge in [0.1, 0.15) is 0 Å².